The second-order valence-corrected chi connectivity index (χ2v) is 17.6. The maximum Gasteiger partial charge on any atom is 0.164 e. The lowest BCUT2D eigenvalue weighted by molar-refractivity contribution is 0.669. The molecule has 4 heterocycles. The van der Waals surface area contributed by atoms with Gasteiger partial charge in [-0.2, -0.15) is 0 Å². The molecular weight excluding hydrogens is 843 g/mol. The predicted molar refractivity (Wildman–Crippen MR) is 283 cm³/mol. The molecule has 10 aromatic carbocycles. The number of hydrogen-bond donors (Lipinski definition) is 0. The van der Waals surface area contributed by atoms with Gasteiger partial charge in [0.05, 0.1) is 27.5 Å². The average molecular weight is 882 g/mol. The van der Waals surface area contributed by atoms with Crippen molar-refractivity contribution in [2.45, 2.75) is 0 Å². The Morgan fingerprint density at radius 2 is 0.754 bits per heavy atom. The molecule has 0 radical (unpaired) electrons. The first-order valence-electron chi connectivity index (χ1n) is 23.3. The fourth-order valence-corrected chi connectivity index (χ4v) is 10.3. The molecule has 0 fully saturated rings. The van der Waals surface area contributed by atoms with E-state index in [2.05, 4.69) is 209 Å². The molecule has 14 rings (SSSR count). The van der Waals surface area contributed by atoms with Crippen molar-refractivity contribution < 1.29 is 4.42 Å². The Balaban J connectivity index is 0.969. The molecular formula is C63H39N5O. The summed E-state index contributed by atoms with van der Waals surface area (Å²) in [5, 5.41) is 6.74. The van der Waals surface area contributed by atoms with E-state index in [-0.39, 0.29) is 0 Å². The monoisotopic (exact) mass is 881 g/mol. The SMILES string of the molecule is c1ccc(-c2ccc(-c3nc(-c4ccccc4)nc(-c4ccc5c(c4)c4ccc6oc7ccc(-n8c9ccccc9c9cc(-c%10ccccc%10)ccc98)cc7c6c4n5-c4ccccc4)n3)cc2)cc1. The van der Waals surface area contributed by atoms with Crippen LogP contribution in [0, 0.1) is 0 Å². The van der Waals surface area contributed by atoms with Crippen LogP contribution in [0.25, 0.3) is 133 Å². The number of rotatable bonds is 7. The normalized spacial score (nSPS) is 11.8. The Bertz CT molecular complexity index is 4270. The van der Waals surface area contributed by atoms with E-state index in [4.69, 9.17) is 19.4 Å². The van der Waals surface area contributed by atoms with Crippen LogP contribution >= 0.6 is 0 Å². The number of para-hydroxylation sites is 2. The zero-order chi connectivity index (χ0) is 45.4. The quantitative estimate of drug-likeness (QED) is 0.160. The van der Waals surface area contributed by atoms with Crippen LogP contribution in [0.3, 0.4) is 0 Å². The fraction of sp³-hybridized carbons (Fsp3) is 0. The fourth-order valence-electron chi connectivity index (χ4n) is 10.3. The first-order valence-corrected chi connectivity index (χ1v) is 23.3. The van der Waals surface area contributed by atoms with Gasteiger partial charge >= 0.3 is 0 Å². The summed E-state index contributed by atoms with van der Waals surface area (Å²) in [7, 11) is 0. The lowest BCUT2D eigenvalue weighted by Gasteiger charge is -2.10. The Morgan fingerprint density at radius 3 is 1.46 bits per heavy atom. The summed E-state index contributed by atoms with van der Waals surface area (Å²) < 4.78 is 11.5. The summed E-state index contributed by atoms with van der Waals surface area (Å²) in [5.41, 5.74) is 15.7. The minimum Gasteiger partial charge on any atom is -0.456 e. The molecule has 0 aliphatic heterocycles. The highest BCUT2D eigenvalue weighted by atomic mass is 16.3. The Hall–Kier alpha value is -9.39. The average Bonchev–Trinajstić information content (AvgIpc) is 4.08. The number of nitrogens with zero attached hydrogens (tertiary/aromatic N) is 5. The summed E-state index contributed by atoms with van der Waals surface area (Å²) in [5.74, 6) is 1.85. The molecule has 0 unspecified atom stereocenters. The van der Waals surface area contributed by atoms with Crippen LogP contribution in [-0.4, -0.2) is 24.1 Å². The van der Waals surface area contributed by atoms with Gasteiger partial charge in [-0.1, -0.05) is 158 Å². The van der Waals surface area contributed by atoms with Crippen molar-refractivity contribution in [1.82, 2.24) is 24.1 Å². The van der Waals surface area contributed by atoms with Gasteiger partial charge in [0.25, 0.3) is 0 Å². The van der Waals surface area contributed by atoms with Gasteiger partial charge in [0, 0.05) is 55.0 Å². The zero-order valence-electron chi connectivity index (χ0n) is 37.2. The van der Waals surface area contributed by atoms with Gasteiger partial charge in [-0.3, -0.25) is 0 Å². The molecule has 0 amide bonds. The number of fused-ring (bicyclic) bond motifs is 10. The molecule has 0 atom stereocenters. The van der Waals surface area contributed by atoms with Crippen LogP contribution in [0.4, 0.5) is 0 Å². The molecule has 4 aromatic heterocycles. The van der Waals surface area contributed by atoms with Crippen LogP contribution in [0.2, 0.25) is 0 Å². The van der Waals surface area contributed by atoms with E-state index in [9.17, 15) is 0 Å². The van der Waals surface area contributed by atoms with Crippen LogP contribution in [0.1, 0.15) is 0 Å². The van der Waals surface area contributed by atoms with Crippen LogP contribution < -0.4 is 0 Å². The number of aromatic nitrogens is 5. The van der Waals surface area contributed by atoms with Crippen LogP contribution in [-0.2, 0) is 0 Å². The van der Waals surface area contributed by atoms with Crippen molar-refractivity contribution in [3.63, 3.8) is 0 Å². The van der Waals surface area contributed by atoms with Crippen molar-refractivity contribution in [2.75, 3.05) is 0 Å². The molecule has 0 spiro atoms. The summed E-state index contributed by atoms with van der Waals surface area (Å²) in [6.45, 7) is 0. The summed E-state index contributed by atoms with van der Waals surface area (Å²) in [6.07, 6.45) is 0. The van der Waals surface area contributed by atoms with Crippen molar-refractivity contribution in [1.29, 1.82) is 0 Å². The highest BCUT2D eigenvalue weighted by Crippen LogP contribution is 2.43. The van der Waals surface area contributed by atoms with Gasteiger partial charge in [-0.15, -0.1) is 0 Å². The minimum absolute atomic E-state index is 0.607. The van der Waals surface area contributed by atoms with E-state index in [1.54, 1.807) is 0 Å². The Morgan fingerprint density at radius 1 is 0.275 bits per heavy atom. The lowest BCUT2D eigenvalue weighted by atomic mass is 10.0. The Labute approximate surface area is 396 Å². The van der Waals surface area contributed by atoms with Crippen molar-refractivity contribution in [2.24, 2.45) is 0 Å². The molecule has 0 saturated heterocycles. The molecule has 6 heteroatoms. The largest absolute Gasteiger partial charge is 0.456 e. The highest BCUT2D eigenvalue weighted by Gasteiger charge is 2.22. The topological polar surface area (TPSA) is 61.7 Å². The van der Waals surface area contributed by atoms with Crippen molar-refractivity contribution in [3.05, 3.63) is 237 Å². The van der Waals surface area contributed by atoms with Crippen molar-refractivity contribution in [3.8, 4) is 67.8 Å². The van der Waals surface area contributed by atoms with Crippen LogP contribution in [0.15, 0.2) is 241 Å². The number of furan rings is 1. The Kier molecular flexibility index (Phi) is 8.79. The van der Waals surface area contributed by atoms with Gasteiger partial charge in [-0.25, -0.2) is 15.0 Å². The van der Waals surface area contributed by atoms with Gasteiger partial charge in [-0.05, 0) is 101 Å². The van der Waals surface area contributed by atoms with Gasteiger partial charge < -0.3 is 13.6 Å². The van der Waals surface area contributed by atoms with Gasteiger partial charge in [0.2, 0.25) is 0 Å². The second kappa shape index (κ2) is 15.6. The zero-order valence-corrected chi connectivity index (χ0v) is 37.2. The maximum absolute atomic E-state index is 6.75. The first kappa shape index (κ1) is 38.8. The third kappa shape index (κ3) is 6.38. The van der Waals surface area contributed by atoms with E-state index >= 15 is 0 Å². The highest BCUT2D eigenvalue weighted by molar-refractivity contribution is 6.25. The minimum atomic E-state index is 0.607. The van der Waals surface area contributed by atoms with E-state index < -0.39 is 0 Å². The van der Waals surface area contributed by atoms with E-state index in [0.717, 1.165) is 94.0 Å². The molecule has 322 valence electrons. The lowest BCUT2D eigenvalue weighted by Crippen LogP contribution is -2.00. The molecule has 14 aromatic rings. The maximum atomic E-state index is 6.75. The first-order chi connectivity index (χ1) is 34.2. The summed E-state index contributed by atoms with van der Waals surface area (Å²) >= 11 is 0. The van der Waals surface area contributed by atoms with Crippen molar-refractivity contribution >= 4 is 65.6 Å². The van der Waals surface area contributed by atoms with Gasteiger partial charge in [0.1, 0.15) is 11.2 Å². The number of benzene rings is 10. The molecule has 69 heavy (non-hydrogen) atoms. The number of hydrogen-bond acceptors (Lipinski definition) is 4. The summed E-state index contributed by atoms with van der Waals surface area (Å²) in [6, 6.07) is 83.3. The predicted octanol–water partition coefficient (Wildman–Crippen LogP) is 16.3. The van der Waals surface area contributed by atoms with E-state index in [1.165, 1.54) is 21.9 Å². The summed E-state index contributed by atoms with van der Waals surface area (Å²) in [4.78, 5) is 15.4. The second-order valence-electron chi connectivity index (χ2n) is 17.6. The molecule has 0 aliphatic carbocycles. The standard InChI is InChI=1S/C63H39N5O/c1-5-15-40(16-6-1)42-25-27-44(28-26-42)62-64-61(43-19-9-3-10-20-43)65-63(66-62)46-30-34-56-52(38-46)50-32-36-58-59(60(50)68(56)47-21-11-4-12-22-47)53-39-48(31-35-57(53)69-58)67-54-24-14-13-23-49(54)51-37-45(29-33-55(51)67)41-17-7-2-8-18-41/h1-39H. The third-order valence-corrected chi connectivity index (χ3v) is 13.6. The van der Waals surface area contributed by atoms with Gasteiger partial charge in [0.15, 0.2) is 17.5 Å². The molecule has 0 aliphatic rings. The van der Waals surface area contributed by atoms with E-state index in [1.807, 2.05) is 36.4 Å². The molecule has 0 N–H and O–H groups in total. The molecule has 0 saturated carbocycles. The smallest absolute Gasteiger partial charge is 0.164 e. The molecule has 0 bridgehead atoms. The third-order valence-electron chi connectivity index (χ3n) is 13.6. The molecule has 6 nitrogen and oxygen atoms in total. The van der Waals surface area contributed by atoms with Crippen LogP contribution in [0.5, 0.6) is 0 Å². The van der Waals surface area contributed by atoms with E-state index in [0.29, 0.717) is 17.5 Å².